The van der Waals surface area contributed by atoms with E-state index in [9.17, 15) is 0 Å². The maximum absolute atomic E-state index is 8.87. The summed E-state index contributed by atoms with van der Waals surface area (Å²) in [5.74, 6) is 0. The molecule has 0 radical (unpaired) electrons. The molecule has 0 aromatic heterocycles. The molecule has 0 saturated carbocycles. The van der Waals surface area contributed by atoms with Crippen molar-refractivity contribution in [2.24, 2.45) is 4.99 Å². The average molecular weight is 214 g/mol. The summed E-state index contributed by atoms with van der Waals surface area (Å²) < 4.78 is 0. The molecule has 1 heterocycles. The van der Waals surface area contributed by atoms with Crippen LogP contribution in [-0.2, 0) is 0 Å². The van der Waals surface area contributed by atoms with Gasteiger partial charge in [-0.3, -0.25) is 4.99 Å². The van der Waals surface area contributed by atoms with Gasteiger partial charge in [0, 0.05) is 58.0 Å². The Morgan fingerprint density at radius 1 is 1.00 bits per heavy atom. The molecule has 1 aliphatic heterocycles. The standard InChI is InChI=1S/C10H22N4O/c15-8-1-10-9-13-5-4-11-2-3-12-6-7-14-10/h11-13,15H,1-9H2. The lowest BCUT2D eigenvalue weighted by molar-refractivity contribution is 0.306. The second-order valence-corrected chi connectivity index (χ2v) is 3.60. The molecule has 0 aliphatic carbocycles. The van der Waals surface area contributed by atoms with E-state index in [1.54, 1.807) is 0 Å². The molecule has 4 N–H and O–H groups in total. The normalized spacial score (nSPS) is 21.3. The number of aliphatic imine (C=N–C) groups is 1. The summed E-state index contributed by atoms with van der Waals surface area (Å²) in [7, 11) is 0. The lowest BCUT2D eigenvalue weighted by atomic mass is 10.2. The molecular weight excluding hydrogens is 192 g/mol. The highest BCUT2D eigenvalue weighted by molar-refractivity contribution is 5.86. The summed E-state index contributed by atoms with van der Waals surface area (Å²) in [6, 6.07) is 0. The third-order valence-electron chi connectivity index (χ3n) is 2.31. The van der Waals surface area contributed by atoms with Crippen LogP contribution in [0.5, 0.6) is 0 Å². The predicted octanol–water partition coefficient (Wildman–Crippen LogP) is -1.41. The molecule has 0 amide bonds. The van der Waals surface area contributed by atoms with Crippen LogP contribution in [0.3, 0.4) is 0 Å². The van der Waals surface area contributed by atoms with E-state index in [1.165, 1.54) is 0 Å². The Morgan fingerprint density at radius 3 is 2.40 bits per heavy atom. The van der Waals surface area contributed by atoms with E-state index >= 15 is 0 Å². The van der Waals surface area contributed by atoms with Crippen LogP contribution in [0.4, 0.5) is 0 Å². The average Bonchev–Trinajstić information content (AvgIpc) is 2.22. The molecule has 0 unspecified atom stereocenters. The van der Waals surface area contributed by atoms with Crippen LogP contribution in [0.1, 0.15) is 6.42 Å². The molecule has 0 bridgehead atoms. The SMILES string of the molecule is OCCC1=NCCNCCNCCNC1. The van der Waals surface area contributed by atoms with E-state index in [0.29, 0.717) is 6.42 Å². The van der Waals surface area contributed by atoms with Gasteiger partial charge < -0.3 is 21.1 Å². The van der Waals surface area contributed by atoms with Gasteiger partial charge in [-0.2, -0.15) is 0 Å². The first-order valence-electron chi connectivity index (χ1n) is 5.68. The Morgan fingerprint density at radius 2 is 1.67 bits per heavy atom. The first kappa shape index (κ1) is 12.6. The molecule has 5 nitrogen and oxygen atoms in total. The second-order valence-electron chi connectivity index (χ2n) is 3.60. The smallest absolute Gasteiger partial charge is 0.0514 e. The zero-order valence-electron chi connectivity index (χ0n) is 9.26. The fourth-order valence-electron chi connectivity index (χ4n) is 1.48. The van der Waals surface area contributed by atoms with Gasteiger partial charge in [0.1, 0.15) is 0 Å². The predicted molar refractivity (Wildman–Crippen MR) is 62.6 cm³/mol. The van der Waals surface area contributed by atoms with Gasteiger partial charge in [-0.15, -0.1) is 0 Å². The van der Waals surface area contributed by atoms with Crippen molar-refractivity contribution in [3.05, 3.63) is 0 Å². The third-order valence-corrected chi connectivity index (χ3v) is 2.31. The summed E-state index contributed by atoms with van der Waals surface area (Å²) in [4.78, 5) is 4.46. The van der Waals surface area contributed by atoms with Crippen LogP contribution in [0.2, 0.25) is 0 Å². The molecule has 0 aromatic rings. The fourth-order valence-corrected chi connectivity index (χ4v) is 1.48. The fraction of sp³-hybridized carbons (Fsp3) is 0.900. The Hall–Kier alpha value is -0.490. The van der Waals surface area contributed by atoms with Crippen LogP contribution in [0.15, 0.2) is 4.99 Å². The first-order chi connectivity index (χ1) is 7.43. The number of hydrogen-bond donors (Lipinski definition) is 4. The highest BCUT2D eigenvalue weighted by Gasteiger charge is 1.99. The van der Waals surface area contributed by atoms with Crippen LogP contribution in [0.25, 0.3) is 0 Å². The summed E-state index contributed by atoms with van der Waals surface area (Å²) >= 11 is 0. The molecule has 0 saturated heterocycles. The minimum Gasteiger partial charge on any atom is -0.396 e. The van der Waals surface area contributed by atoms with E-state index in [1.807, 2.05) is 0 Å². The molecular formula is C10H22N4O. The van der Waals surface area contributed by atoms with Crippen molar-refractivity contribution >= 4 is 5.71 Å². The van der Waals surface area contributed by atoms with Crippen molar-refractivity contribution in [1.29, 1.82) is 0 Å². The first-order valence-corrected chi connectivity index (χ1v) is 5.68. The van der Waals surface area contributed by atoms with Crippen molar-refractivity contribution in [2.75, 3.05) is 52.4 Å². The quantitative estimate of drug-likeness (QED) is 0.456. The Labute approximate surface area is 91.4 Å². The number of aliphatic hydroxyl groups excluding tert-OH is 1. The number of aliphatic hydroxyl groups is 1. The minimum atomic E-state index is 0.187. The highest BCUT2D eigenvalue weighted by Crippen LogP contribution is 1.86. The van der Waals surface area contributed by atoms with Crippen LogP contribution in [-0.4, -0.2) is 63.2 Å². The van der Waals surface area contributed by atoms with Crippen molar-refractivity contribution in [3.8, 4) is 0 Å². The zero-order chi connectivity index (χ0) is 10.8. The zero-order valence-corrected chi connectivity index (χ0v) is 9.26. The summed E-state index contributed by atoms with van der Waals surface area (Å²) in [5, 5.41) is 18.8. The summed E-state index contributed by atoms with van der Waals surface area (Å²) in [5.41, 5.74) is 1.07. The van der Waals surface area contributed by atoms with Gasteiger partial charge >= 0.3 is 0 Å². The van der Waals surface area contributed by atoms with Crippen molar-refractivity contribution in [3.63, 3.8) is 0 Å². The monoisotopic (exact) mass is 214 g/mol. The Kier molecular flexibility index (Phi) is 7.37. The lowest BCUT2D eigenvalue weighted by Gasteiger charge is -2.11. The van der Waals surface area contributed by atoms with Crippen LogP contribution < -0.4 is 16.0 Å². The van der Waals surface area contributed by atoms with Gasteiger partial charge in [0.25, 0.3) is 0 Å². The van der Waals surface area contributed by atoms with Gasteiger partial charge in [0.05, 0.1) is 6.54 Å². The van der Waals surface area contributed by atoms with Gasteiger partial charge in [-0.1, -0.05) is 0 Å². The van der Waals surface area contributed by atoms with E-state index in [2.05, 4.69) is 20.9 Å². The number of nitrogens with one attached hydrogen (secondary N) is 3. The molecule has 15 heavy (non-hydrogen) atoms. The van der Waals surface area contributed by atoms with Gasteiger partial charge in [-0.25, -0.2) is 0 Å². The number of hydrogen-bond acceptors (Lipinski definition) is 5. The van der Waals surface area contributed by atoms with Crippen molar-refractivity contribution < 1.29 is 5.11 Å². The topological polar surface area (TPSA) is 68.7 Å². The van der Waals surface area contributed by atoms with Crippen molar-refractivity contribution in [2.45, 2.75) is 6.42 Å². The molecule has 0 fully saturated rings. The molecule has 88 valence electrons. The number of nitrogens with zero attached hydrogens (tertiary/aromatic N) is 1. The van der Waals surface area contributed by atoms with E-state index in [0.717, 1.165) is 51.5 Å². The van der Waals surface area contributed by atoms with Gasteiger partial charge in [-0.05, 0) is 0 Å². The molecule has 0 atom stereocenters. The Balaban J connectivity index is 2.31. The Bertz CT molecular complexity index is 184. The number of rotatable bonds is 2. The lowest BCUT2D eigenvalue weighted by Crippen LogP contribution is -2.36. The third kappa shape index (κ3) is 6.57. The minimum absolute atomic E-state index is 0.187. The maximum Gasteiger partial charge on any atom is 0.0514 e. The second kappa shape index (κ2) is 8.79. The van der Waals surface area contributed by atoms with E-state index in [-0.39, 0.29) is 6.61 Å². The summed E-state index contributed by atoms with van der Waals surface area (Å²) in [6.07, 6.45) is 0.681. The van der Waals surface area contributed by atoms with Gasteiger partial charge in [0.2, 0.25) is 0 Å². The molecule has 1 rings (SSSR count). The van der Waals surface area contributed by atoms with E-state index < -0.39 is 0 Å². The van der Waals surface area contributed by atoms with E-state index in [4.69, 9.17) is 5.11 Å². The molecule has 0 aromatic carbocycles. The molecule has 1 aliphatic rings. The largest absolute Gasteiger partial charge is 0.396 e. The van der Waals surface area contributed by atoms with Gasteiger partial charge in [0.15, 0.2) is 0 Å². The van der Waals surface area contributed by atoms with Crippen LogP contribution in [0, 0.1) is 0 Å². The maximum atomic E-state index is 8.87. The van der Waals surface area contributed by atoms with Crippen LogP contribution >= 0.6 is 0 Å². The highest BCUT2D eigenvalue weighted by atomic mass is 16.3. The molecule has 5 heteroatoms. The van der Waals surface area contributed by atoms with Crippen molar-refractivity contribution in [1.82, 2.24) is 16.0 Å². The summed E-state index contributed by atoms with van der Waals surface area (Å²) in [6.45, 7) is 6.63. The molecule has 0 spiro atoms.